The highest BCUT2D eigenvalue weighted by molar-refractivity contribution is 5.96. The summed E-state index contributed by atoms with van der Waals surface area (Å²) in [4.78, 5) is 13.2. The van der Waals surface area contributed by atoms with Gasteiger partial charge in [-0.1, -0.05) is 0 Å². The fourth-order valence-corrected chi connectivity index (χ4v) is 2.03. The minimum atomic E-state index is -0.212. The number of rotatable bonds is 2. The SMILES string of the molecule is CC(C#N)Nc1ccc2c(c1)CCC(=O)N2C. The van der Waals surface area contributed by atoms with E-state index in [2.05, 4.69) is 11.4 Å². The molecule has 0 aromatic heterocycles. The average Bonchev–Trinajstić information content (AvgIpc) is 2.34. The Kier molecular flexibility index (Phi) is 3.01. The summed E-state index contributed by atoms with van der Waals surface area (Å²) in [5.41, 5.74) is 3.05. The number of nitriles is 1. The zero-order chi connectivity index (χ0) is 12.4. The van der Waals surface area contributed by atoms with Crippen LogP contribution >= 0.6 is 0 Å². The van der Waals surface area contributed by atoms with Crippen LogP contribution in [0.25, 0.3) is 0 Å². The minimum Gasteiger partial charge on any atom is -0.370 e. The van der Waals surface area contributed by atoms with E-state index in [-0.39, 0.29) is 11.9 Å². The van der Waals surface area contributed by atoms with Crippen molar-refractivity contribution in [3.05, 3.63) is 23.8 Å². The quantitative estimate of drug-likeness (QED) is 0.843. The van der Waals surface area contributed by atoms with Gasteiger partial charge in [-0.2, -0.15) is 5.26 Å². The Morgan fingerprint density at radius 3 is 2.94 bits per heavy atom. The normalized spacial score (nSPS) is 16.1. The van der Waals surface area contributed by atoms with E-state index in [0.717, 1.165) is 23.4 Å². The van der Waals surface area contributed by atoms with Crippen LogP contribution in [0.15, 0.2) is 18.2 Å². The molecule has 1 atom stereocenters. The lowest BCUT2D eigenvalue weighted by molar-refractivity contribution is -0.118. The number of benzene rings is 1. The topological polar surface area (TPSA) is 56.1 Å². The summed E-state index contributed by atoms with van der Waals surface area (Å²) >= 11 is 0. The Hall–Kier alpha value is -2.02. The van der Waals surface area contributed by atoms with Gasteiger partial charge in [-0.05, 0) is 37.1 Å². The molecule has 88 valence electrons. The van der Waals surface area contributed by atoms with E-state index < -0.39 is 0 Å². The number of carbonyl (C=O) groups is 1. The minimum absolute atomic E-state index is 0.156. The van der Waals surface area contributed by atoms with Crippen molar-refractivity contribution in [2.75, 3.05) is 17.3 Å². The van der Waals surface area contributed by atoms with E-state index in [9.17, 15) is 4.79 Å². The van der Waals surface area contributed by atoms with Gasteiger partial charge in [0, 0.05) is 24.8 Å². The van der Waals surface area contributed by atoms with Gasteiger partial charge in [-0.3, -0.25) is 4.79 Å². The Morgan fingerprint density at radius 1 is 1.47 bits per heavy atom. The zero-order valence-electron chi connectivity index (χ0n) is 10.0. The summed E-state index contributed by atoms with van der Waals surface area (Å²) in [5, 5.41) is 11.8. The van der Waals surface area contributed by atoms with Crippen molar-refractivity contribution in [2.24, 2.45) is 0 Å². The second-order valence-corrected chi connectivity index (χ2v) is 4.29. The Morgan fingerprint density at radius 2 is 2.24 bits per heavy atom. The van der Waals surface area contributed by atoms with Gasteiger partial charge in [-0.15, -0.1) is 0 Å². The third-order valence-electron chi connectivity index (χ3n) is 3.00. The first-order valence-corrected chi connectivity index (χ1v) is 5.67. The van der Waals surface area contributed by atoms with Crippen LogP contribution in [-0.4, -0.2) is 19.0 Å². The van der Waals surface area contributed by atoms with Crippen LogP contribution in [0.3, 0.4) is 0 Å². The highest BCUT2D eigenvalue weighted by Gasteiger charge is 2.20. The highest BCUT2D eigenvalue weighted by Crippen LogP contribution is 2.29. The van der Waals surface area contributed by atoms with Crippen LogP contribution in [0.5, 0.6) is 0 Å². The monoisotopic (exact) mass is 229 g/mol. The van der Waals surface area contributed by atoms with Gasteiger partial charge in [0.15, 0.2) is 0 Å². The van der Waals surface area contributed by atoms with Gasteiger partial charge >= 0.3 is 0 Å². The van der Waals surface area contributed by atoms with Crippen molar-refractivity contribution in [3.63, 3.8) is 0 Å². The van der Waals surface area contributed by atoms with Crippen LogP contribution < -0.4 is 10.2 Å². The van der Waals surface area contributed by atoms with Crippen LogP contribution in [0, 0.1) is 11.3 Å². The molecule has 0 aliphatic carbocycles. The summed E-state index contributed by atoms with van der Waals surface area (Å²) in [6.45, 7) is 1.81. The Balaban J connectivity index is 2.27. The number of hydrogen-bond donors (Lipinski definition) is 1. The summed E-state index contributed by atoms with van der Waals surface area (Å²) in [5.74, 6) is 0.156. The molecular weight excluding hydrogens is 214 g/mol. The van der Waals surface area contributed by atoms with Gasteiger partial charge in [0.2, 0.25) is 5.91 Å². The number of carbonyl (C=O) groups excluding carboxylic acids is 1. The maximum absolute atomic E-state index is 11.5. The lowest BCUT2D eigenvalue weighted by Crippen LogP contribution is -2.31. The number of anilines is 2. The van der Waals surface area contributed by atoms with Crippen LogP contribution in [0.2, 0.25) is 0 Å². The van der Waals surface area contributed by atoms with Crippen molar-refractivity contribution in [1.29, 1.82) is 5.26 Å². The summed E-state index contributed by atoms with van der Waals surface area (Å²) in [7, 11) is 1.80. The first-order chi connectivity index (χ1) is 8.11. The van der Waals surface area contributed by atoms with E-state index in [4.69, 9.17) is 5.26 Å². The lowest BCUT2D eigenvalue weighted by atomic mass is 10.0. The molecule has 1 N–H and O–H groups in total. The first-order valence-electron chi connectivity index (χ1n) is 5.67. The number of amides is 1. The maximum Gasteiger partial charge on any atom is 0.227 e. The third kappa shape index (κ3) is 2.23. The molecule has 0 bridgehead atoms. The summed E-state index contributed by atoms with van der Waals surface area (Å²) < 4.78 is 0. The second-order valence-electron chi connectivity index (χ2n) is 4.29. The van der Waals surface area contributed by atoms with E-state index in [0.29, 0.717) is 6.42 Å². The molecule has 1 heterocycles. The van der Waals surface area contributed by atoms with Gasteiger partial charge in [0.1, 0.15) is 6.04 Å². The number of aryl methyl sites for hydroxylation is 1. The Labute approximate surface area is 101 Å². The first kappa shape index (κ1) is 11.5. The van der Waals surface area contributed by atoms with Gasteiger partial charge in [-0.25, -0.2) is 0 Å². The predicted molar refractivity (Wildman–Crippen MR) is 66.9 cm³/mol. The van der Waals surface area contributed by atoms with Crippen molar-refractivity contribution in [1.82, 2.24) is 0 Å². The van der Waals surface area contributed by atoms with E-state index >= 15 is 0 Å². The van der Waals surface area contributed by atoms with E-state index in [1.807, 2.05) is 25.1 Å². The molecule has 0 saturated heterocycles. The molecule has 1 aliphatic rings. The zero-order valence-corrected chi connectivity index (χ0v) is 10.0. The number of fused-ring (bicyclic) bond motifs is 1. The molecule has 0 spiro atoms. The summed E-state index contributed by atoms with van der Waals surface area (Å²) in [6.07, 6.45) is 1.33. The van der Waals surface area contributed by atoms with Crippen LogP contribution in [0.4, 0.5) is 11.4 Å². The van der Waals surface area contributed by atoms with Crippen LogP contribution in [-0.2, 0) is 11.2 Å². The van der Waals surface area contributed by atoms with Gasteiger partial charge in [0.05, 0.1) is 6.07 Å². The predicted octanol–water partition coefficient (Wildman–Crippen LogP) is 1.92. The average molecular weight is 229 g/mol. The molecule has 1 unspecified atom stereocenters. The number of nitrogens with zero attached hydrogens (tertiary/aromatic N) is 2. The van der Waals surface area contributed by atoms with Crippen LogP contribution in [0.1, 0.15) is 18.9 Å². The van der Waals surface area contributed by atoms with E-state index in [1.165, 1.54) is 0 Å². The molecular formula is C13H15N3O. The molecule has 0 fully saturated rings. The van der Waals surface area contributed by atoms with Crippen molar-refractivity contribution < 1.29 is 4.79 Å². The van der Waals surface area contributed by atoms with Gasteiger partial charge in [0.25, 0.3) is 0 Å². The van der Waals surface area contributed by atoms with Gasteiger partial charge < -0.3 is 10.2 Å². The number of hydrogen-bond acceptors (Lipinski definition) is 3. The Bertz CT molecular complexity index is 490. The molecule has 4 heteroatoms. The maximum atomic E-state index is 11.5. The number of nitrogens with one attached hydrogen (secondary N) is 1. The molecule has 0 saturated carbocycles. The smallest absolute Gasteiger partial charge is 0.227 e. The molecule has 1 amide bonds. The molecule has 0 radical (unpaired) electrons. The molecule has 1 aromatic rings. The molecule has 17 heavy (non-hydrogen) atoms. The fourth-order valence-electron chi connectivity index (χ4n) is 2.03. The van der Waals surface area contributed by atoms with Crippen molar-refractivity contribution in [3.8, 4) is 6.07 Å². The largest absolute Gasteiger partial charge is 0.370 e. The summed E-state index contributed by atoms with van der Waals surface area (Å²) in [6, 6.07) is 7.78. The van der Waals surface area contributed by atoms with Crippen molar-refractivity contribution >= 4 is 17.3 Å². The third-order valence-corrected chi connectivity index (χ3v) is 3.00. The van der Waals surface area contributed by atoms with Crippen molar-refractivity contribution in [2.45, 2.75) is 25.8 Å². The molecule has 1 aromatic carbocycles. The molecule has 1 aliphatic heterocycles. The molecule has 4 nitrogen and oxygen atoms in total. The highest BCUT2D eigenvalue weighted by atomic mass is 16.2. The molecule has 2 rings (SSSR count). The second kappa shape index (κ2) is 4.46. The van der Waals surface area contributed by atoms with E-state index in [1.54, 1.807) is 11.9 Å². The standard InChI is InChI=1S/C13H15N3O/c1-9(8-14)15-11-4-5-12-10(7-11)3-6-13(17)16(12)2/h4-5,7,9,15H,3,6H2,1-2H3. The fraction of sp³-hybridized carbons (Fsp3) is 0.385. The lowest BCUT2D eigenvalue weighted by Gasteiger charge is -2.26.